The monoisotopic (exact) mass is 384 g/mol. The van der Waals surface area contributed by atoms with Crippen molar-refractivity contribution < 1.29 is 0 Å². The van der Waals surface area contributed by atoms with E-state index >= 15 is 0 Å². The summed E-state index contributed by atoms with van der Waals surface area (Å²) in [5.41, 5.74) is 8.15. The van der Waals surface area contributed by atoms with Crippen LogP contribution in [0.5, 0.6) is 0 Å². The van der Waals surface area contributed by atoms with Crippen molar-refractivity contribution in [3.8, 4) is 0 Å². The molecule has 0 heterocycles. The third kappa shape index (κ3) is 4.49. The van der Waals surface area contributed by atoms with E-state index in [0.717, 1.165) is 0 Å². The minimum Gasteiger partial charge on any atom is -0.377 e. The van der Waals surface area contributed by atoms with E-state index in [-0.39, 0.29) is 5.16 Å². The van der Waals surface area contributed by atoms with Crippen LogP contribution in [0.25, 0.3) is 0 Å². The van der Waals surface area contributed by atoms with Crippen molar-refractivity contribution in [2.75, 3.05) is 38.0 Å². The third-order valence-electron chi connectivity index (χ3n) is 5.03. The lowest BCUT2D eigenvalue weighted by atomic mass is 10.1. The molecule has 3 heteroatoms. The summed E-state index contributed by atoms with van der Waals surface area (Å²) >= 11 is 0. The van der Waals surface area contributed by atoms with Crippen LogP contribution in [0, 0.1) is 27.7 Å². The smallest absolute Gasteiger partial charge is 0.0420 e. The summed E-state index contributed by atoms with van der Waals surface area (Å²) in [5, 5.41) is 3.16. The Labute approximate surface area is 168 Å². The Morgan fingerprint density at radius 3 is 1.04 bits per heavy atom. The van der Waals surface area contributed by atoms with Crippen LogP contribution in [0.1, 0.15) is 43.0 Å². The first-order valence-electron chi connectivity index (χ1n) is 9.72. The van der Waals surface area contributed by atoms with Gasteiger partial charge in [-0.05, 0) is 97.9 Å². The first-order valence-corrected chi connectivity index (χ1v) is 11.1. The maximum absolute atomic E-state index is 2.42. The summed E-state index contributed by atoms with van der Waals surface area (Å²) in [7, 11) is 8.08. The van der Waals surface area contributed by atoms with Crippen molar-refractivity contribution in [1.29, 1.82) is 0 Å². The Kier molecular flexibility index (Phi) is 6.32. The average molecular weight is 385 g/mol. The fourth-order valence-corrected chi connectivity index (χ4v) is 7.60. The quantitative estimate of drug-likeness (QED) is 0.662. The van der Waals surface area contributed by atoms with E-state index in [1.807, 2.05) is 0 Å². The van der Waals surface area contributed by atoms with Crippen LogP contribution < -0.4 is 20.4 Å². The summed E-state index contributed by atoms with van der Waals surface area (Å²) in [4.78, 5) is 4.46. The lowest BCUT2D eigenvalue weighted by Gasteiger charge is -2.34. The van der Waals surface area contributed by atoms with Crippen molar-refractivity contribution in [3.05, 3.63) is 46.5 Å². The molecule has 0 aliphatic carbocycles. The Hall–Kier alpha value is -1.53. The zero-order valence-corrected chi connectivity index (χ0v) is 20.0. The molecule has 148 valence electrons. The number of aryl methyl sites for hydroxylation is 4. The molecule has 2 rings (SSSR count). The summed E-state index contributed by atoms with van der Waals surface area (Å²) in [6.45, 7) is 16.1. The van der Waals surface area contributed by atoms with Crippen molar-refractivity contribution in [2.45, 2.75) is 53.6 Å². The minimum absolute atomic E-state index is 0.201. The van der Waals surface area contributed by atoms with Gasteiger partial charge in [0.05, 0.1) is 0 Å². The van der Waals surface area contributed by atoms with Crippen LogP contribution in [0.2, 0.25) is 0 Å². The predicted octanol–water partition coefficient (Wildman–Crippen LogP) is 5.28. The zero-order chi connectivity index (χ0) is 20.7. The highest BCUT2D eigenvalue weighted by atomic mass is 31.1. The van der Waals surface area contributed by atoms with Gasteiger partial charge in [0.2, 0.25) is 0 Å². The maximum Gasteiger partial charge on any atom is 0.0420 e. The largest absolute Gasteiger partial charge is 0.377 e. The van der Waals surface area contributed by atoms with Gasteiger partial charge in [0, 0.05) is 39.6 Å². The molecule has 0 N–H and O–H groups in total. The molecule has 0 radical (unpaired) electrons. The molecule has 0 unspecified atom stereocenters. The maximum atomic E-state index is 2.42. The van der Waals surface area contributed by atoms with E-state index in [9.17, 15) is 0 Å². The van der Waals surface area contributed by atoms with Gasteiger partial charge in [0.25, 0.3) is 0 Å². The number of hydrogen-bond donors (Lipinski definition) is 0. The standard InChI is InChI=1S/C24H37N2P/c1-16-12-20(13-17(2)22(16)25(8)9)27(24(5,6)7)21-14-18(3)23(26(10)11)19(4)15-21/h12-15H,1-11H3. The number of benzene rings is 2. The van der Waals surface area contributed by atoms with Gasteiger partial charge >= 0.3 is 0 Å². The molecule has 27 heavy (non-hydrogen) atoms. The number of hydrogen-bond acceptors (Lipinski definition) is 2. The van der Waals surface area contributed by atoms with Crippen LogP contribution in [-0.2, 0) is 0 Å². The first-order chi connectivity index (χ1) is 12.3. The molecule has 0 saturated carbocycles. The fourth-order valence-electron chi connectivity index (χ4n) is 4.46. The molecule has 2 nitrogen and oxygen atoms in total. The summed E-state index contributed by atoms with van der Waals surface area (Å²) < 4.78 is 0. The van der Waals surface area contributed by atoms with Crippen LogP contribution >= 0.6 is 7.92 Å². The second-order valence-electron chi connectivity index (χ2n) is 9.15. The van der Waals surface area contributed by atoms with Gasteiger partial charge in [-0.3, -0.25) is 0 Å². The van der Waals surface area contributed by atoms with Crippen molar-refractivity contribution >= 4 is 29.9 Å². The topological polar surface area (TPSA) is 6.48 Å². The molecule has 0 fully saturated rings. The molecule has 0 aliphatic heterocycles. The molecule has 0 atom stereocenters. The van der Waals surface area contributed by atoms with E-state index in [1.54, 1.807) is 0 Å². The Morgan fingerprint density at radius 2 is 0.852 bits per heavy atom. The van der Waals surface area contributed by atoms with Gasteiger partial charge in [-0.2, -0.15) is 0 Å². The minimum atomic E-state index is -0.457. The average Bonchev–Trinajstić information content (AvgIpc) is 2.43. The van der Waals surface area contributed by atoms with E-state index < -0.39 is 7.92 Å². The van der Waals surface area contributed by atoms with Gasteiger partial charge in [-0.25, -0.2) is 0 Å². The van der Waals surface area contributed by atoms with E-state index in [4.69, 9.17) is 0 Å². The molecular weight excluding hydrogens is 347 g/mol. The third-order valence-corrected chi connectivity index (χ3v) is 7.92. The van der Waals surface area contributed by atoms with Crippen LogP contribution in [0.3, 0.4) is 0 Å². The number of anilines is 2. The molecule has 0 saturated heterocycles. The molecule has 0 bridgehead atoms. The van der Waals surface area contributed by atoms with E-state index in [1.165, 1.54) is 44.2 Å². The predicted molar refractivity (Wildman–Crippen MR) is 126 cm³/mol. The lowest BCUT2D eigenvalue weighted by Crippen LogP contribution is -2.28. The number of nitrogens with zero attached hydrogens (tertiary/aromatic N) is 2. The summed E-state index contributed by atoms with van der Waals surface area (Å²) in [6.07, 6.45) is 0. The van der Waals surface area contributed by atoms with Gasteiger partial charge < -0.3 is 9.80 Å². The second kappa shape index (κ2) is 7.84. The van der Waals surface area contributed by atoms with Crippen LogP contribution in [-0.4, -0.2) is 33.3 Å². The summed E-state index contributed by atoms with van der Waals surface area (Å²) in [5.74, 6) is 0. The normalized spacial score (nSPS) is 11.9. The molecule has 2 aromatic rings. The van der Waals surface area contributed by atoms with Gasteiger partial charge in [0.15, 0.2) is 0 Å². The van der Waals surface area contributed by atoms with Gasteiger partial charge in [-0.15, -0.1) is 0 Å². The molecule has 2 aromatic carbocycles. The number of rotatable bonds is 4. The van der Waals surface area contributed by atoms with Crippen LogP contribution in [0.15, 0.2) is 24.3 Å². The summed E-state index contributed by atoms with van der Waals surface area (Å²) in [6, 6.07) is 9.68. The Bertz CT molecular complexity index is 719. The molecule has 0 aliphatic rings. The fraction of sp³-hybridized carbons (Fsp3) is 0.500. The zero-order valence-electron chi connectivity index (χ0n) is 19.2. The molecular formula is C24H37N2P. The van der Waals surface area contributed by atoms with Gasteiger partial charge in [0.1, 0.15) is 0 Å². The SMILES string of the molecule is Cc1cc(P(c2cc(C)c(N(C)C)c(C)c2)C(C)(C)C)cc(C)c1N(C)C. The highest BCUT2D eigenvalue weighted by Crippen LogP contribution is 2.49. The van der Waals surface area contributed by atoms with Gasteiger partial charge in [-0.1, -0.05) is 20.8 Å². The highest BCUT2D eigenvalue weighted by molar-refractivity contribution is 7.74. The second-order valence-corrected chi connectivity index (χ2v) is 12.2. The van der Waals surface area contributed by atoms with E-state index in [2.05, 4.69) is 111 Å². The Balaban J connectivity index is 2.69. The van der Waals surface area contributed by atoms with E-state index in [0.29, 0.717) is 0 Å². The molecule has 0 amide bonds. The van der Waals surface area contributed by atoms with Crippen molar-refractivity contribution in [3.63, 3.8) is 0 Å². The van der Waals surface area contributed by atoms with Crippen molar-refractivity contribution in [2.24, 2.45) is 0 Å². The lowest BCUT2D eigenvalue weighted by molar-refractivity contribution is 0.793. The highest BCUT2D eigenvalue weighted by Gasteiger charge is 2.29. The molecule has 0 aromatic heterocycles. The van der Waals surface area contributed by atoms with Crippen LogP contribution in [0.4, 0.5) is 11.4 Å². The first kappa shape index (κ1) is 21.8. The molecule has 0 spiro atoms. The Morgan fingerprint density at radius 1 is 0.593 bits per heavy atom. The van der Waals surface area contributed by atoms with Crippen molar-refractivity contribution in [1.82, 2.24) is 0 Å².